The van der Waals surface area contributed by atoms with Gasteiger partial charge in [0.1, 0.15) is 4.88 Å². The van der Waals surface area contributed by atoms with Gasteiger partial charge in [0, 0.05) is 0 Å². The molecule has 0 fully saturated rings. The molecular weight excluding hydrogens is 256 g/mol. The highest BCUT2D eigenvalue weighted by atomic mass is 32.1. The molecule has 0 bridgehead atoms. The number of hydrogen-bond acceptors (Lipinski definition) is 5. The van der Waals surface area contributed by atoms with Crippen molar-refractivity contribution in [2.45, 2.75) is 13.3 Å². The zero-order valence-corrected chi connectivity index (χ0v) is 10.3. The summed E-state index contributed by atoms with van der Waals surface area (Å²) in [5.41, 5.74) is 0.460. The third-order valence-electron chi connectivity index (χ3n) is 2.19. The second-order valence-corrected chi connectivity index (χ2v) is 4.38. The van der Waals surface area contributed by atoms with Crippen molar-refractivity contribution in [1.82, 2.24) is 4.98 Å². The first-order chi connectivity index (χ1) is 8.61. The fraction of sp³-hybridized carbons (Fsp3) is 0.182. The van der Waals surface area contributed by atoms with Crippen LogP contribution in [0, 0.1) is 0 Å². The maximum absolute atomic E-state index is 11.7. The van der Waals surface area contributed by atoms with E-state index < -0.39 is 11.9 Å². The molecule has 0 aliphatic rings. The molecule has 6 nitrogen and oxygen atoms in total. The van der Waals surface area contributed by atoms with Crippen LogP contribution in [0.4, 0.5) is 5.13 Å². The van der Waals surface area contributed by atoms with E-state index in [-0.39, 0.29) is 15.8 Å². The molecule has 0 aliphatic carbocycles. The summed E-state index contributed by atoms with van der Waals surface area (Å²) < 4.78 is 4.93. The number of thiazole rings is 1. The standard InChI is InChI=1S/C11H10N2O4S/c1-2-6-8(10(15)16)18-11(12-6)13-9(14)7-4-3-5-17-7/h3-5H,2H2,1H3,(H,15,16)(H,12,13,14). The summed E-state index contributed by atoms with van der Waals surface area (Å²) in [7, 11) is 0. The maximum Gasteiger partial charge on any atom is 0.347 e. The molecule has 2 aromatic rings. The third kappa shape index (κ3) is 2.40. The number of nitrogens with one attached hydrogen (secondary N) is 1. The molecule has 0 spiro atoms. The van der Waals surface area contributed by atoms with E-state index in [1.165, 1.54) is 12.3 Å². The van der Waals surface area contributed by atoms with E-state index in [0.29, 0.717) is 12.1 Å². The summed E-state index contributed by atoms with van der Waals surface area (Å²) in [4.78, 5) is 26.8. The zero-order chi connectivity index (χ0) is 13.1. The van der Waals surface area contributed by atoms with Crippen LogP contribution in [0.1, 0.15) is 32.8 Å². The Morgan fingerprint density at radius 3 is 2.83 bits per heavy atom. The van der Waals surface area contributed by atoms with E-state index in [0.717, 1.165) is 11.3 Å². The minimum Gasteiger partial charge on any atom is -0.477 e. The van der Waals surface area contributed by atoms with Crippen LogP contribution >= 0.6 is 11.3 Å². The Balaban J connectivity index is 2.20. The Morgan fingerprint density at radius 2 is 2.33 bits per heavy atom. The van der Waals surface area contributed by atoms with Gasteiger partial charge >= 0.3 is 5.97 Å². The Hall–Kier alpha value is -2.15. The third-order valence-corrected chi connectivity index (χ3v) is 3.19. The number of hydrogen-bond donors (Lipinski definition) is 2. The molecule has 2 rings (SSSR count). The topological polar surface area (TPSA) is 92.4 Å². The summed E-state index contributed by atoms with van der Waals surface area (Å²) >= 11 is 0.934. The molecule has 18 heavy (non-hydrogen) atoms. The predicted octanol–water partition coefficient (Wildman–Crippen LogP) is 2.25. The maximum atomic E-state index is 11.7. The lowest BCUT2D eigenvalue weighted by atomic mass is 10.3. The van der Waals surface area contributed by atoms with Crippen LogP contribution in [0.15, 0.2) is 22.8 Å². The number of aromatic nitrogens is 1. The second-order valence-electron chi connectivity index (χ2n) is 3.38. The average Bonchev–Trinajstić information content (AvgIpc) is 2.97. The molecule has 0 aromatic carbocycles. The molecular formula is C11H10N2O4S. The molecule has 94 valence electrons. The summed E-state index contributed by atoms with van der Waals surface area (Å²) in [6.07, 6.45) is 1.88. The summed E-state index contributed by atoms with van der Waals surface area (Å²) in [6.45, 7) is 1.81. The fourth-order valence-corrected chi connectivity index (χ4v) is 2.27. The molecule has 2 N–H and O–H groups in total. The van der Waals surface area contributed by atoms with E-state index in [1.807, 2.05) is 0 Å². The van der Waals surface area contributed by atoms with E-state index >= 15 is 0 Å². The summed E-state index contributed by atoms with van der Waals surface area (Å²) in [6, 6.07) is 3.11. The van der Waals surface area contributed by atoms with E-state index in [9.17, 15) is 9.59 Å². The Labute approximate surface area is 106 Å². The normalized spacial score (nSPS) is 10.3. The average molecular weight is 266 g/mol. The Kier molecular flexibility index (Phi) is 3.42. The van der Waals surface area contributed by atoms with Crippen molar-refractivity contribution in [2.24, 2.45) is 0 Å². The minimum absolute atomic E-state index is 0.146. The van der Waals surface area contributed by atoms with Crippen molar-refractivity contribution in [1.29, 1.82) is 0 Å². The van der Waals surface area contributed by atoms with Gasteiger partial charge in [0.2, 0.25) is 0 Å². The van der Waals surface area contributed by atoms with Crippen LogP contribution < -0.4 is 5.32 Å². The minimum atomic E-state index is -1.04. The molecule has 0 radical (unpaired) electrons. The lowest BCUT2D eigenvalue weighted by molar-refractivity contribution is 0.0700. The van der Waals surface area contributed by atoms with Crippen molar-refractivity contribution in [2.75, 3.05) is 5.32 Å². The number of carboxylic acid groups (broad SMARTS) is 1. The van der Waals surface area contributed by atoms with Gasteiger partial charge < -0.3 is 9.52 Å². The van der Waals surface area contributed by atoms with Gasteiger partial charge in [-0.15, -0.1) is 0 Å². The molecule has 7 heteroatoms. The summed E-state index contributed by atoms with van der Waals surface area (Å²) in [5.74, 6) is -1.34. The quantitative estimate of drug-likeness (QED) is 0.885. The van der Waals surface area contributed by atoms with Crippen LogP contribution in [-0.2, 0) is 6.42 Å². The molecule has 0 saturated carbocycles. The fourth-order valence-electron chi connectivity index (χ4n) is 1.38. The summed E-state index contributed by atoms with van der Waals surface area (Å²) in [5, 5.41) is 11.7. The first kappa shape index (κ1) is 12.3. The SMILES string of the molecule is CCc1nc(NC(=O)c2ccco2)sc1C(=O)O. The van der Waals surface area contributed by atoms with Crippen molar-refractivity contribution < 1.29 is 19.1 Å². The van der Waals surface area contributed by atoms with Crippen molar-refractivity contribution in [3.63, 3.8) is 0 Å². The molecule has 2 heterocycles. The van der Waals surface area contributed by atoms with Gasteiger partial charge in [0.05, 0.1) is 12.0 Å². The van der Waals surface area contributed by atoms with Gasteiger partial charge in [-0.1, -0.05) is 18.3 Å². The van der Waals surface area contributed by atoms with Crippen LogP contribution in [0.25, 0.3) is 0 Å². The van der Waals surface area contributed by atoms with Gasteiger partial charge in [-0.3, -0.25) is 10.1 Å². The second kappa shape index (κ2) is 5.01. The highest BCUT2D eigenvalue weighted by Gasteiger charge is 2.18. The van der Waals surface area contributed by atoms with E-state index in [2.05, 4.69) is 10.3 Å². The van der Waals surface area contributed by atoms with Gasteiger partial charge in [-0.2, -0.15) is 0 Å². The molecule has 0 unspecified atom stereocenters. The number of aryl methyl sites for hydroxylation is 1. The number of aromatic carboxylic acids is 1. The molecule has 2 aromatic heterocycles. The number of carboxylic acids is 1. The number of amides is 1. The van der Waals surface area contributed by atoms with Gasteiger partial charge in [0.25, 0.3) is 5.91 Å². The first-order valence-electron chi connectivity index (χ1n) is 5.19. The molecule has 0 aliphatic heterocycles. The van der Waals surface area contributed by atoms with Crippen LogP contribution in [0.3, 0.4) is 0 Å². The van der Waals surface area contributed by atoms with Gasteiger partial charge in [-0.05, 0) is 18.6 Å². The number of furan rings is 1. The van der Waals surface area contributed by atoms with Crippen molar-refractivity contribution in [3.8, 4) is 0 Å². The lowest BCUT2D eigenvalue weighted by Gasteiger charge is -1.96. The van der Waals surface area contributed by atoms with Crippen molar-refractivity contribution >= 4 is 28.3 Å². The van der Waals surface area contributed by atoms with Crippen LogP contribution in [0.2, 0.25) is 0 Å². The van der Waals surface area contributed by atoms with Gasteiger partial charge in [0.15, 0.2) is 10.9 Å². The predicted molar refractivity (Wildman–Crippen MR) is 65.1 cm³/mol. The zero-order valence-electron chi connectivity index (χ0n) is 9.47. The number of anilines is 1. The number of nitrogens with zero attached hydrogens (tertiary/aromatic N) is 1. The van der Waals surface area contributed by atoms with E-state index in [1.54, 1.807) is 13.0 Å². The molecule has 1 amide bonds. The van der Waals surface area contributed by atoms with Crippen LogP contribution in [-0.4, -0.2) is 22.0 Å². The monoisotopic (exact) mass is 266 g/mol. The molecule has 0 atom stereocenters. The Bertz CT molecular complexity index is 574. The highest BCUT2D eigenvalue weighted by molar-refractivity contribution is 7.17. The van der Waals surface area contributed by atoms with Crippen LogP contribution in [0.5, 0.6) is 0 Å². The lowest BCUT2D eigenvalue weighted by Crippen LogP contribution is -2.10. The van der Waals surface area contributed by atoms with Gasteiger partial charge in [-0.25, -0.2) is 9.78 Å². The largest absolute Gasteiger partial charge is 0.477 e. The number of carbonyl (C=O) groups is 2. The highest BCUT2D eigenvalue weighted by Crippen LogP contribution is 2.24. The Morgan fingerprint density at radius 1 is 1.56 bits per heavy atom. The smallest absolute Gasteiger partial charge is 0.347 e. The van der Waals surface area contributed by atoms with E-state index in [4.69, 9.17) is 9.52 Å². The molecule has 0 saturated heterocycles. The van der Waals surface area contributed by atoms with Crippen molar-refractivity contribution in [3.05, 3.63) is 34.7 Å². The first-order valence-corrected chi connectivity index (χ1v) is 6.01. The number of rotatable bonds is 4. The number of carbonyl (C=O) groups excluding carboxylic acids is 1.